The standard InChI is InChI=1S/C13H20N2O3/c1-2-12-11(13(16)17)3-4-15(12)6-5-14-7-9-18-10-8-14/h3-4H,2,5-10H2,1H3,(H,16,17). The van der Waals surface area contributed by atoms with Crippen LogP contribution >= 0.6 is 0 Å². The van der Waals surface area contributed by atoms with Gasteiger partial charge in [-0.3, -0.25) is 4.90 Å². The monoisotopic (exact) mass is 252 g/mol. The molecule has 0 unspecified atom stereocenters. The summed E-state index contributed by atoms with van der Waals surface area (Å²) in [5, 5.41) is 9.09. The van der Waals surface area contributed by atoms with Crippen molar-refractivity contribution in [3.63, 3.8) is 0 Å². The highest BCUT2D eigenvalue weighted by molar-refractivity contribution is 5.89. The number of carbonyl (C=O) groups is 1. The van der Waals surface area contributed by atoms with E-state index in [1.165, 1.54) is 0 Å². The molecule has 1 fully saturated rings. The molecule has 0 saturated carbocycles. The second-order valence-electron chi connectivity index (χ2n) is 4.48. The number of hydrogen-bond donors (Lipinski definition) is 1. The van der Waals surface area contributed by atoms with Gasteiger partial charge in [-0.05, 0) is 12.5 Å². The molecule has 0 spiro atoms. The fraction of sp³-hybridized carbons (Fsp3) is 0.615. The van der Waals surface area contributed by atoms with Gasteiger partial charge < -0.3 is 14.4 Å². The lowest BCUT2D eigenvalue weighted by Crippen LogP contribution is -2.38. The molecule has 2 heterocycles. The second kappa shape index (κ2) is 6.02. The van der Waals surface area contributed by atoms with Crippen LogP contribution in [0.1, 0.15) is 23.0 Å². The van der Waals surface area contributed by atoms with Crippen molar-refractivity contribution in [2.45, 2.75) is 19.9 Å². The molecular weight excluding hydrogens is 232 g/mol. The predicted molar refractivity (Wildman–Crippen MR) is 68.0 cm³/mol. The number of morpholine rings is 1. The van der Waals surface area contributed by atoms with Gasteiger partial charge in [0, 0.05) is 38.1 Å². The van der Waals surface area contributed by atoms with E-state index in [1.54, 1.807) is 6.07 Å². The van der Waals surface area contributed by atoms with Crippen LogP contribution in [-0.2, 0) is 17.7 Å². The maximum Gasteiger partial charge on any atom is 0.337 e. The van der Waals surface area contributed by atoms with Crippen molar-refractivity contribution in [3.8, 4) is 0 Å². The smallest absolute Gasteiger partial charge is 0.337 e. The van der Waals surface area contributed by atoms with Crippen molar-refractivity contribution in [2.75, 3.05) is 32.8 Å². The molecule has 2 rings (SSSR count). The molecule has 18 heavy (non-hydrogen) atoms. The summed E-state index contributed by atoms with van der Waals surface area (Å²) in [6, 6.07) is 1.69. The van der Waals surface area contributed by atoms with Crippen LogP contribution in [0.2, 0.25) is 0 Å². The molecule has 1 aliphatic heterocycles. The molecule has 1 aromatic heterocycles. The molecule has 0 bridgehead atoms. The summed E-state index contributed by atoms with van der Waals surface area (Å²) < 4.78 is 7.36. The summed E-state index contributed by atoms with van der Waals surface area (Å²) in [6.07, 6.45) is 2.63. The maximum absolute atomic E-state index is 11.1. The lowest BCUT2D eigenvalue weighted by Gasteiger charge is -2.26. The Kier molecular flexibility index (Phi) is 4.38. The van der Waals surface area contributed by atoms with Gasteiger partial charge in [-0.1, -0.05) is 6.92 Å². The average molecular weight is 252 g/mol. The minimum atomic E-state index is -0.836. The van der Waals surface area contributed by atoms with Gasteiger partial charge in [0.15, 0.2) is 0 Å². The van der Waals surface area contributed by atoms with Crippen LogP contribution in [0.15, 0.2) is 12.3 Å². The Bertz CT molecular complexity index is 408. The minimum Gasteiger partial charge on any atom is -0.478 e. The van der Waals surface area contributed by atoms with Gasteiger partial charge in [0.2, 0.25) is 0 Å². The van der Waals surface area contributed by atoms with Crippen LogP contribution in [0.3, 0.4) is 0 Å². The zero-order valence-corrected chi connectivity index (χ0v) is 10.8. The van der Waals surface area contributed by atoms with Crippen LogP contribution in [0.4, 0.5) is 0 Å². The lowest BCUT2D eigenvalue weighted by atomic mass is 10.2. The number of aromatic nitrogens is 1. The first-order valence-corrected chi connectivity index (χ1v) is 6.43. The van der Waals surface area contributed by atoms with Gasteiger partial charge in [0.1, 0.15) is 0 Å². The van der Waals surface area contributed by atoms with Gasteiger partial charge in [0.25, 0.3) is 0 Å². The third kappa shape index (κ3) is 2.91. The Morgan fingerprint density at radius 1 is 1.39 bits per heavy atom. The number of ether oxygens (including phenoxy) is 1. The zero-order valence-electron chi connectivity index (χ0n) is 10.8. The van der Waals surface area contributed by atoms with Gasteiger partial charge in [0.05, 0.1) is 18.8 Å². The van der Waals surface area contributed by atoms with Crippen molar-refractivity contribution >= 4 is 5.97 Å². The fourth-order valence-electron chi connectivity index (χ4n) is 2.38. The first-order chi connectivity index (χ1) is 8.72. The van der Waals surface area contributed by atoms with Crippen LogP contribution in [0.5, 0.6) is 0 Å². The first-order valence-electron chi connectivity index (χ1n) is 6.43. The molecule has 5 nitrogen and oxygen atoms in total. The van der Waals surface area contributed by atoms with Crippen LogP contribution in [-0.4, -0.2) is 53.4 Å². The molecule has 100 valence electrons. The van der Waals surface area contributed by atoms with E-state index in [0.717, 1.165) is 51.5 Å². The molecule has 0 amide bonds. The van der Waals surface area contributed by atoms with E-state index >= 15 is 0 Å². The highest BCUT2D eigenvalue weighted by Gasteiger charge is 2.15. The predicted octanol–water partition coefficient (Wildman–Crippen LogP) is 1.08. The number of nitrogens with zero attached hydrogens (tertiary/aromatic N) is 2. The summed E-state index contributed by atoms with van der Waals surface area (Å²) in [5.41, 5.74) is 1.34. The largest absolute Gasteiger partial charge is 0.478 e. The summed E-state index contributed by atoms with van der Waals surface area (Å²) in [6.45, 7) is 7.32. The molecule has 0 atom stereocenters. The molecule has 1 aromatic rings. The van der Waals surface area contributed by atoms with Gasteiger partial charge in [-0.25, -0.2) is 4.79 Å². The van der Waals surface area contributed by atoms with Crippen LogP contribution < -0.4 is 0 Å². The topological polar surface area (TPSA) is 54.7 Å². The van der Waals surface area contributed by atoms with E-state index in [9.17, 15) is 4.79 Å². The third-order valence-corrected chi connectivity index (χ3v) is 3.40. The zero-order chi connectivity index (χ0) is 13.0. The van der Waals surface area contributed by atoms with E-state index in [4.69, 9.17) is 9.84 Å². The highest BCUT2D eigenvalue weighted by Crippen LogP contribution is 2.12. The Balaban J connectivity index is 1.98. The first kappa shape index (κ1) is 13.1. The van der Waals surface area contributed by atoms with Crippen LogP contribution in [0, 0.1) is 0 Å². The van der Waals surface area contributed by atoms with Crippen LogP contribution in [0.25, 0.3) is 0 Å². The quantitative estimate of drug-likeness (QED) is 0.852. The average Bonchev–Trinajstić information content (AvgIpc) is 2.80. The second-order valence-corrected chi connectivity index (χ2v) is 4.48. The van der Waals surface area contributed by atoms with E-state index in [-0.39, 0.29) is 0 Å². The molecule has 5 heteroatoms. The van der Waals surface area contributed by atoms with E-state index in [0.29, 0.717) is 5.56 Å². The lowest BCUT2D eigenvalue weighted by molar-refractivity contribution is 0.0363. The SMILES string of the molecule is CCc1c(C(=O)O)ccn1CCN1CCOCC1. The molecule has 1 saturated heterocycles. The maximum atomic E-state index is 11.1. The van der Waals surface area contributed by atoms with Crippen molar-refractivity contribution in [3.05, 3.63) is 23.5 Å². The Morgan fingerprint density at radius 2 is 2.11 bits per heavy atom. The molecule has 1 N–H and O–H groups in total. The molecule has 1 aliphatic rings. The Morgan fingerprint density at radius 3 is 2.72 bits per heavy atom. The third-order valence-electron chi connectivity index (χ3n) is 3.40. The Hall–Kier alpha value is -1.33. The summed E-state index contributed by atoms with van der Waals surface area (Å²) in [4.78, 5) is 13.4. The van der Waals surface area contributed by atoms with Crippen molar-refractivity contribution in [1.29, 1.82) is 0 Å². The molecule has 0 aliphatic carbocycles. The van der Waals surface area contributed by atoms with E-state index < -0.39 is 5.97 Å². The van der Waals surface area contributed by atoms with Crippen molar-refractivity contribution in [1.82, 2.24) is 9.47 Å². The van der Waals surface area contributed by atoms with E-state index in [1.807, 2.05) is 13.1 Å². The fourth-order valence-corrected chi connectivity index (χ4v) is 2.38. The number of carboxylic acid groups (broad SMARTS) is 1. The van der Waals surface area contributed by atoms with Gasteiger partial charge >= 0.3 is 5.97 Å². The molecule has 0 aromatic carbocycles. The summed E-state index contributed by atoms with van der Waals surface area (Å²) in [5.74, 6) is -0.836. The number of hydrogen-bond acceptors (Lipinski definition) is 3. The minimum absolute atomic E-state index is 0.430. The number of rotatable bonds is 5. The molecular formula is C13H20N2O3. The Labute approximate surface area is 107 Å². The van der Waals surface area contributed by atoms with Crippen molar-refractivity contribution in [2.24, 2.45) is 0 Å². The molecule has 0 radical (unpaired) electrons. The summed E-state index contributed by atoms with van der Waals surface area (Å²) in [7, 11) is 0. The number of aromatic carboxylic acids is 1. The van der Waals surface area contributed by atoms with Gasteiger partial charge in [-0.2, -0.15) is 0 Å². The number of carboxylic acids is 1. The normalized spacial score (nSPS) is 16.9. The highest BCUT2D eigenvalue weighted by atomic mass is 16.5. The summed E-state index contributed by atoms with van der Waals surface area (Å²) >= 11 is 0. The van der Waals surface area contributed by atoms with Gasteiger partial charge in [-0.15, -0.1) is 0 Å². The van der Waals surface area contributed by atoms with Crippen molar-refractivity contribution < 1.29 is 14.6 Å². The van der Waals surface area contributed by atoms with E-state index in [2.05, 4.69) is 9.47 Å².